The van der Waals surface area contributed by atoms with Crippen LogP contribution in [0.5, 0.6) is 0 Å². The third-order valence-corrected chi connectivity index (χ3v) is 3.77. The quantitative estimate of drug-likeness (QED) is 0.851. The number of aryl methyl sites for hydroxylation is 1. The smallest absolute Gasteiger partial charge is 0.257 e. The molecule has 0 radical (unpaired) electrons. The van der Waals surface area contributed by atoms with Crippen LogP contribution in [0, 0.1) is 12.7 Å². The van der Waals surface area contributed by atoms with Gasteiger partial charge >= 0.3 is 0 Å². The van der Waals surface area contributed by atoms with Crippen molar-refractivity contribution in [2.75, 3.05) is 6.54 Å². The van der Waals surface area contributed by atoms with Crippen molar-refractivity contribution in [2.45, 2.75) is 39.2 Å². The molecular weight excluding hydrogens is 285 g/mol. The molecule has 0 bridgehead atoms. The lowest BCUT2D eigenvalue weighted by atomic mass is 10.1. The summed E-state index contributed by atoms with van der Waals surface area (Å²) in [5.74, 6) is 0.610. The molecule has 1 aromatic heterocycles. The summed E-state index contributed by atoms with van der Waals surface area (Å²) in [6.45, 7) is 4.29. The fourth-order valence-corrected chi connectivity index (χ4v) is 2.29. The van der Waals surface area contributed by atoms with Crippen LogP contribution in [-0.4, -0.2) is 27.5 Å². The van der Waals surface area contributed by atoms with Crippen LogP contribution in [0.25, 0.3) is 0 Å². The highest BCUT2D eigenvalue weighted by Crippen LogP contribution is 2.38. The molecule has 5 nitrogen and oxygen atoms in total. The molecule has 0 N–H and O–H groups in total. The number of rotatable bonds is 5. The largest absolute Gasteiger partial charge is 0.339 e. The zero-order chi connectivity index (χ0) is 15.7. The maximum atomic E-state index is 14.0. The molecule has 0 saturated heterocycles. The Bertz CT molecular complexity index is 694. The highest BCUT2D eigenvalue weighted by molar-refractivity contribution is 5.94. The van der Waals surface area contributed by atoms with Gasteiger partial charge in [-0.25, -0.2) is 4.39 Å². The van der Waals surface area contributed by atoms with Crippen LogP contribution in [0.15, 0.2) is 22.7 Å². The van der Waals surface area contributed by atoms with Crippen molar-refractivity contribution in [3.05, 3.63) is 46.9 Å². The average Bonchev–Trinajstić information content (AvgIpc) is 3.24. The van der Waals surface area contributed by atoms with E-state index in [9.17, 15) is 9.18 Å². The van der Waals surface area contributed by atoms with E-state index in [4.69, 9.17) is 4.52 Å². The van der Waals surface area contributed by atoms with E-state index in [1.165, 1.54) is 17.0 Å². The van der Waals surface area contributed by atoms with E-state index in [1.54, 1.807) is 13.0 Å². The number of aromatic nitrogens is 2. The van der Waals surface area contributed by atoms with E-state index in [-0.39, 0.29) is 18.0 Å². The first-order chi connectivity index (χ1) is 10.6. The Morgan fingerprint density at radius 3 is 2.86 bits per heavy atom. The molecule has 1 saturated carbocycles. The summed E-state index contributed by atoms with van der Waals surface area (Å²) in [7, 11) is 0. The van der Waals surface area contributed by atoms with Gasteiger partial charge in [-0.2, -0.15) is 4.98 Å². The normalized spacial score (nSPS) is 14.1. The fourth-order valence-electron chi connectivity index (χ4n) is 2.29. The van der Waals surface area contributed by atoms with Gasteiger partial charge < -0.3 is 9.42 Å². The molecule has 116 valence electrons. The van der Waals surface area contributed by atoms with Crippen LogP contribution in [0.2, 0.25) is 0 Å². The van der Waals surface area contributed by atoms with E-state index < -0.39 is 5.82 Å². The molecule has 1 aliphatic carbocycles. The summed E-state index contributed by atoms with van der Waals surface area (Å²) in [5, 5.41) is 3.90. The summed E-state index contributed by atoms with van der Waals surface area (Å²) in [4.78, 5) is 18.3. The highest BCUT2D eigenvalue weighted by atomic mass is 19.1. The second kappa shape index (κ2) is 5.87. The summed E-state index contributed by atoms with van der Waals surface area (Å²) in [6.07, 6.45) is 2.15. The third kappa shape index (κ3) is 3.00. The molecule has 2 aromatic rings. The van der Waals surface area contributed by atoms with Crippen molar-refractivity contribution in [3.8, 4) is 0 Å². The number of amides is 1. The Labute approximate surface area is 128 Å². The minimum Gasteiger partial charge on any atom is -0.339 e. The molecule has 1 heterocycles. The van der Waals surface area contributed by atoms with Gasteiger partial charge in [-0.05, 0) is 44.4 Å². The second-order valence-corrected chi connectivity index (χ2v) is 5.63. The summed E-state index contributed by atoms with van der Waals surface area (Å²) >= 11 is 0. The number of benzene rings is 1. The van der Waals surface area contributed by atoms with Gasteiger partial charge in [0, 0.05) is 12.5 Å². The first-order valence-electron chi connectivity index (χ1n) is 7.46. The molecule has 1 aromatic carbocycles. The summed E-state index contributed by atoms with van der Waals surface area (Å²) in [6, 6.07) is 4.60. The lowest BCUT2D eigenvalue weighted by molar-refractivity contribution is 0.0742. The maximum absolute atomic E-state index is 14.0. The molecule has 0 aliphatic heterocycles. The Morgan fingerprint density at radius 1 is 1.45 bits per heavy atom. The minimum absolute atomic E-state index is 0.0679. The van der Waals surface area contributed by atoms with Crippen molar-refractivity contribution in [1.82, 2.24) is 15.0 Å². The van der Waals surface area contributed by atoms with Crippen molar-refractivity contribution in [1.29, 1.82) is 0 Å². The van der Waals surface area contributed by atoms with Crippen molar-refractivity contribution in [3.63, 3.8) is 0 Å². The van der Waals surface area contributed by atoms with Gasteiger partial charge in [0.2, 0.25) is 5.89 Å². The molecule has 1 aliphatic rings. The zero-order valence-electron chi connectivity index (χ0n) is 12.7. The molecule has 1 amide bonds. The third-order valence-electron chi connectivity index (χ3n) is 3.77. The lowest BCUT2D eigenvalue weighted by Gasteiger charge is -2.19. The van der Waals surface area contributed by atoms with Crippen molar-refractivity contribution in [2.24, 2.45) is 0 Å². The number of nitrogens with zero attached hydrogens (tertiary/aromatic N) is 3. The molecule has 6 heteroatoms. The Kier molecular flexibility index (Phi) is 3.92. The Morgan fingerprint density at radius 2 is 2.23 bits per heavy atom. The van der Waals surface area contributed by atoms with Gasteiger partial charge in [-0.1, -0.05) is 11.2 Å². The van der Waals surface area contributed by atoms with Crippen LogP contribution >= 0.6 is 0 Å². The van der Waals surface area contributed by atoms with E-state index in [0.717, 1.165) is 18.4 Å². The van der Waals surface area contributed by atoms with Crippen LogP contribution in [0.4, 0.5) is 4.39 Å². The van der Waals surface area contributed by atoms with Crippen molar-refractivity contribution < 1.29 is 13.7 Å². The number of halogens is 1. The zero-order valence-corrected chi connectivity index (χ0v) is 12.7. The number of carbonyl (C=O) groups is 1. The molecule has 1 fully saturated rings. The van der Waals surface area contributed by atoms with Gasteiger partial charge in [-0.15, -0.1) is 0 Å². The second-order valence-electron chi connectivity index (χ2n) is 5.63. The maximum Gasteiger partial charge on any atom is 0.257 e. The van der Waals surface area contributed by atoms with Gasteiger partial charge in [-0.3, -0.25) is 4.79 Å². The average molecular weight is 303 g/mol. The van der Waals surface area contributed by atoms with Gasteiger partial charge in [0.1, 0.15) is 5.82 Å². The van der Waals surface area contributed by atoms with Crippen LogP contribution in [-0.2, 0) is 6.54 Å². The molecule has 0 atom stereocenters. The van der Waals surface area contributed by atoms with Crippen molar-refractivity contribution >= 4 is 5.91 Å². The van der Waals surface area contributed by atoms with Crippen LogP contribution in [0.3, 0.4) is 0 Å². The van der Waals surface area contributed by atoms with Gasteiger partial charge in [0.25, 0.3) is 5.91 Å². The lowest BCUT2D eigenvalue weighted by Crippen LogP contribution is -2.31. The predicted octanol–water partition coefficient (Wildman–Crippen LogP) is 3.06. The standard InChI is InChI=1S/C16H18FN3O2/c1-3-20(9-14-18-15(22-19-14)11-5-6-11)16(21)12-7-4-10(2)8-13(12)17/h4,7-8,11H,3,5-6,9H2,1-2H3. The molecule has 22 heavy (non-hydrogen) atoms. The Balaban J connectivity index is 1.75. The molecule has 3 rings (SSSR count). The topological polar surface area (TPSA) is 59.2 Å². The minimum atomic E-state index is -0.504. The molecule has 0 spiro atoms. The fraction of sp³-hybridized carbons (Fsp3) is 0.438. The number of carbonyl (C=O) groups excluding carboxylic acids is 1. The molecule has 0 unspecified atom stereocenters. The number of hydrogen-bond donors (Lipinski definition) is 0. The van der Waals surface area contributed by atoms with Gasteiger partial charge in [0.05, 0.1) is 12.1 Å². The Hall–Kier alpha value is -2.24. The predicted molar refractivity (Wildman–Crippen MR) is 77.8 cm³/mol. The number of hydrogen-bond acceptors (Lipinski definition) is 4. The SMILES string of the molecule is CCN(Cc1noc(C2CC2)n1)C(=O)c1ccc(C)cc1F. The monoisotopic (exact) mass is 303 g/mol. The van der Waals surface area contributed by atoms with E-state index >= 15 is 0 Å². The van der Waals surface area contributed by atoms with Gasteiger partial charge in [0.15, 0.2) is 5.82 Å². The highest BCUT2D eigenvalue weighted by Gasteiger charge is 2.30. The summed E-state index contributed by atoms with van der Waals surface area (Å²) in [5.41, 5.74) is 0.850. The van der Waals surface area contributed by atoms with Crippen LogP contribution in [0.1, 0.15) is 53.3 Å². The first-order valence-corrected chi connectivity index (χ1v) is 7.46. The molecular formula is C16H18FN3O2. The first kappa shape index (κ1) is 14.7. The summed E-state index contributed by atoms with van der Waals surface area (Å²) < 4.78 is 19.1. The van der Waals surface area contributed by atoms with Crippen LogP contribution < -0.4 is 0 Å². The van der Waals surface area contributed by atoms with E-state index in [2.05, 4.69) is 10.1 Å². The van der Waals surface area contributed by atoms with E-state index in [1.807, 2.05) is 6.92 Å². The van der Waals surface area contributed by atoms with E-state index in [0.29, 0.717) is 24.2 Å².